The molecule has 2 nitrogen and oxygen atoms in total. The van der Waals surface area contributed by atoms with Crippen LogP contribution < -0.4 is 5.43 Å². The van der Waals surface area contributed by atoms with Crippen molar-refractivity contribution in [3.63, 3.8) is 0 Å². The van der Waals surface area contributed by atoms with Gasteiger partial charge in [-0.05, 0) is 6.92 Å². The Hall–Kier alpha value is -0.790. The van der Waals surface area contributed by atoms with E-state index in [1.165, 1.54) is 0 Å². The van der Waals surface area contributed by atoms with E-state index >= 15 is 0 Å². The molecule has 1 heterocycles. The van der Waals surface area contributed by atoms with Gasteiger partial charge in [-0.2, -0.15) is 5.10 Å². The Morgan fingerprint density at radius 2 is 2.75 bits per heavy atom. The van der Waals surface area contributed by atoms with E-state index in [0.29, 0.717) is 6.04 Å². The predicted molar refractivity (Wildman–Crippen MR) is 34.8 cm³/mol. The van der Waals surface area contributed by atoms with Gasteiger partial charge in [-0.15, -0.1) is 6.58 Å². The second-order valence-corrected chi connectivity index (χ2v) is 2.02. The topological polar surface area (TPSA) is 24.4 Å². The van der Waals surface area contributed by atoms with Crippen LogP contribution in [0, 0.1) is 0 Å². The van der Waals surface area contributed by atoms with E-state index in [2.05, 4.69) is 17.1 Å². The molecule has 1 atom stereocenters. The van der Waals surface area contributed by atoms with Crippen molar-refractivity contribution in [1.29, 1.82) is 0 Å². The molecule has 0 fully saturated rings. The Morgan fingerprint density at radius 1 is 2.00 bits per heavy atom. The van der Waals surface area contributed by atoms with E-state index in [1.54, 1.807) is 0 Å². The summed E-state index contributed by atoms with van der Waals surface area (Å²) in [7, 11) is 0. The van der Waals surface area contributed by atoms with Gasteiger partial charge in [-0.1, -0.05) is 6.08 Å². The molecule has 1 rings (SSSR count). The minimum Gasteiger partial charge on any atom is -0.303 e. The lowest BCUT2D eigenvalue weighted by Crippen LogP contribution is -2.14. The molecule has 0 radical (unpaired) electrons. The lowest BCUT2D eigenvalue weighted by molar-refractivity contribution is 0.693. The van der Waals surface area contributed by atoms with Crippen molar-refractivity contribution >= 4 is 5.71 Å². The van der Waals surface area contributed by atoms with Gasteiger partial charge >= 0.3 is 0 Å². The smallest absolute Gasteiger partial charge is 0.0670 e. The average molecular weight is 110 g/mol. The van der Waals surface area contributed by atoms with Crippen molar-refractivity contribution in [2.75, 3.05) is 0 Å². The molecule has 0 saturated carbocycles. The highest BCUT2D eigenvalue weighted by molar-refractivity contribution is 5.83. The molecule has 0 aromatic rings. The van der Waals surface area contributed by atoms with E-state index in [0.717, 1.165) is 12.1 Å². The summed E-state index contributed by atoms with van der Waals surface area (Å²) in [6.07, 6.45) is 2.89. The van der Waals surface area contributed by atoms with Gasteiger partial charge < -0.3 is 5.43 Å². The number of hydrazone groups is 1. The second-order valence-electron chi connectivity index (χ2n) is 2.02. The molecule has 44 valence electrons. The fourth-order valence-corrected chi connectivity index (χ4v) is 0.739. The fraction of sp³-hybridized carbons (Fsp3) is 0.500. The monoisotopic (exact) mass is 110 g/mol. The van der Waals surface area contributed by atoms with Crippen LogP contribution in [-0.2, 0) is 0 Å². The largest absolute Gasteiger partial charge is 0.303 e. The molecule has 0 spiro atoms. The van der Waals surface area contributed by atoms with E-state index in [1.807, 2.05) is 13.0 Å². The Labute approximate surface area is 49.3 Å². The quantitative estimate of drug-likeness (QED) is 0.498. The van der Waals surface area contributed by atoms with Gasteiger partial charge in [0.2, 0.25) is 0 Å². The molecular weight excluding hydrogens is 100 g/mol. The third kappa shape index (κ3) is 0.886. The summed E-state index contributed by atoms with van der Waals surface area (Å²) in [6, 6.07) is 0.384. The lowest BCUT2D eigenvalue weighted by Gasteiger charge is -1.98. The maximum absolute atomic E-state index is 3.98. The average Bonchev–Trinajstić information content (AvgIpc) is 2.14. The van der Waals surface area contributed by atoms with Crippen molar-refractivity contribution in [3.05, 3.63) is 12.7 Å². The first-order valence-corrected chi connectivity index (χ1v) is 2.74. The van der Waals surface area contributed by atoms with Crippen molar-refractivity contribution in [2.24, 2.45) is 5.10 Å². The summed E-state index contributed by atoms with van der Waals surface area (Å²) in [4.78, 5) is 0. The van der Waals surface area contributed by atoms with E-state index in [9.17, 15) is 0 Å². The first-order valence-electron chi connectivity index (χ1n) is 2.74. The van der Waals surface area contributed by atoms with Crippen LogP contribution in [0.4, 0.5) is 0 Å². The van der Waals surface area contributed by atoms with E-state index < -0.39 is 0 Å². The standard InChI is InChI=1S/C6H10N2/c1-3-6-4-5(2)7-8-6/h3,6,8H,1,4H2,2H3. The minimum absolute atomic E-state index is 0.384. The van der Waals surface area contributed by atoms with Gasteiger partial charge in [-0.3, -0.25) is 0 Å². The highest BCUT2D eigenvalue weighted by Crippen LogP contribution is 2.01. The number of rotatable bonds is 1. The zero-order valence-corrected chi connectivity index (χ0v) is 5.02. The molecule has 0 amide bonds. The summed E-state index contributed by atoms with van der Waals surface area (Å²) < 4.78 is 0. The summed E-state index contributed by atoms with van der Waals surface area (Å²) in [5.41, 5.74) is 4.09. The number of hydrogen-bond donors (Lipinski definition) is 1. The van der Waals surface area contributed by atoms with Crippen LogP contribution in [0.15, 0.2) is 17.8 Å². The Kier molecular flexibility index (Phi) is 1.33. The first-order chi connectivity index (χ1) is 3.83. The SMILES string of the molecule is C=CC1CC(C)=NN1. The van der Waals surface area contributed by atoms with Gasteiger partial charge in [0.25, 0.3) is 0 Å². The fourth-order valence-electron chi connectivity index (χ4n) is 0.739. The highest BCUT2D eigenvalue weighted by atomic mass is 15.3. The van der Waals surface area contributed by atoms with Crippen molar-refractivity contribution < 1.29 is 0 Å². The molecule has 1 aliphatic heterocycles. The van der Waals surface area contributed by atoms with Crippen LogP contribution in [0.5, 0.6) is 0 Å². The van der Waals surface area contributed by atoms with Crippen LogP contribution in [0.2, 0.25) is 0 Å². The van der Waals surface area contributed by atoms with Crippen LogP contribution in [-0.4, -0.2) is 11.8 Å². The van der Waals surface area contributed by atoms with Crippen LogP contribution in [0.25, 0.3) is 0 Å². The Balaban J connectivity index is 2.43. The number of nitrogens with one attached hydrogen (secondary N) is 1. The van der Waals surface area contributed by atoms with Crippen molar-refractivity contribution in [2.45, 2.75) is 19.4 Å². The van der Waals surface area contributed by atoms with Crippen LogP contribution in [0.1, 0.15) is 13.3 Å². The molecule has 8 heavy (non-hydrogen) atoms. The molecule has 2 heteroatoms. The molecule has 1 unspecified atom stereocenters. The lowest BCUT2D eigenvalue weighted by atomic mass is 10.2. The highest BCUT2D eigenvalue weighted by Gasteiger charge is 2.09. The third-order valence-corrected chi connectivity index (χ3v) is 1.22. The minimum atomic E-state index is 0.384. The summed E-state index contributed by atoms with van der Waals surface area (Å²) >= 11 is 0. The molecule has 1 N–H and O–H groups in total. The molecule has 0 aliphatic carbocycles. The zero-order chi connectivity index (χ0) is 5.98. The summed E-state index contributed by atoms with van der Waals surface area (Å²) in [5, 5.41) is 3.98. The van der Waals surface area contributed by atoms with Gasteiger partial charge in [-0.25, -0.2) is 0 Å². The van der Waals surface area contributed by atoms with Crippen LogP contribution >= 0.6 is 0 Å². The Morgan fingerprint density at radius 3 is 3.00 bits per heavy atom. The summed E-state index contributed by atoms with van der Waals surface area (Å²) in [5.74, 6) is 0. The molecule has 0 aromatic heterocycles. The van der Waals surface area contributed by atoms with Gasteiger partial charge in [0, 0.05) is 12.1 Å². The second kappa shape index (κ2) is 1.99. The van der Waals surface area contributed by atoms with Crippen molar-refractivity contribution in [1.82, 2.24) is 5.43 Å². The third-order valence-electron chi connectivity index (χ3n) is 1.22. The van der Waals surface area contributed by atoms with E-state index in [-0.39, 0.29) is 0 Å². The molecule has 0 bridgehead atoms. The first kappa shape index (κ1) is 5.35. The summed E-state index contributed by atoms with van der Waals surface area (Å²) in [6.45, 7) is 5.65. The number of hydrogen-bond acceptors (Lipinski definition) is 2. The molecule has 1 aliphatic rings. The van der Waals surface area contributed by atoms with Gasteiger partial charge in [0.15, 0.2) is 0 Å². The normalized spacial score (nSPS) is 26.6. The van der Waals surface area contributed by atoms with Gasteiger partial charge in [0.05, 0.1) is 6.04 Å². The van der Waals surface area contributed by atoms with E-state index in [4.69, 9.17) is 0 Å². The van der Waals surface area contributed by atoms with Crippen LogP contribution in [0.3, 0.4) is 0 Å². The van der Waals surface area contributed by atoms with Crippen molar-refractivity contribution in [3.8, 4) is 0 Å². The molecular formula is C6H10N2. The maximum Gasteiger partial charge on any atom is 0.0670 e. The molecule has 0 aromatic carbocycles. The predicted octanol–water partition coefficient (Wildman–Crippen LogP) is 0.910. The Bertz CT molecular complexity index is 126. The maximum atomic E-state index is 3.98. The molecule has 0 saturated heterocycles. The van der Waals surface area contributed by atoms with Gasteiger partial charge in [0.1, 0.15) is 0 Å². The zero-order valence-electron chi connectivity index (χ0n) is 5.02. The number of nitrogens with zero attached hydrogens (tertiary/aromatic N) is 1.